The highest BCUT2D eigenvalue weighted by atomic mass is 19.2. The molecule has 0 heterocycles. The predicted molar refractivity (Wildman–Crippen MR) is 562 cm³/mol. The molecule has 0 aliphatic carbocycles. The molecule has 0 N–H and O–H groups in total. The third-order valence-electron chi connectivity index (χ3n) is 26.9. The average molecular weight is 1970 g/mol. The number of hydrogen-bond acceptors (Lipinski definition) is 4. The second-order valence-electron chi connectivity index (χ2n) is 35.9. The van der Waals surface area contributed by atoms with Crippen LogP contribution < -0.4 is 19.6 Å². The van der Waals surface area contributed by atoms with Crippen molar-refractivity contribution in [2.45, 2.75) is 0 Å². The first-order valence-corrected chi connectivity index (χ1v) is 47.0. The molecule has 20 heteroatoms. The summed E-state index contributed by atoms with van der Waals surface area (Å²) in [5.74, 6) is -11.2. The molecule has 0 spiro atoms. The minimum Gasteiger partial charge on any atom is -0.310 e. The Morgan fingerprint density at radius 2 is 0.297 bits per heavy atom. The summed E-state index contributed by atoms with van der Waals surface area (Å²) in [6.07, 6.45) is 0. The smallest absolute Gasteiger partial charge is 0.150 e. The average Bonchev–Trinajstić information content (AvgIpc) is 0.717. The van der Waals surface area contributed by atoms with Gasteiger partial charge >= 0.3 is 0 Å². The molecule has 4 nitrogen and oxygen atoms in total. The van der Waals surface area contributed by atoms with E-state index < -0.39 is 93.1 Å². The first-order chi connectivity index (χ1) is 71.9. The Bertz CT molecular complexity index is 8590. The molecular weight excluding hydrogens is 1900 g/mol. The van der Waals surface area contributed by atoms with Crippen LogP contribution in [0.25, 0.3) is 154 Å². The van der Waals surface area contributed by atoms with E-state index in [1.54, 1.807) is 250 Å². The monoisotopic (exact) mass is 1970 g/mol. The van der Waals surface area contributed by atoms with Gasteiger partial charge in [-0.3, -0.25) is 0 Å². The quantitative estimate of drug-likeness (QED) is 0.0557. The van der Waals surface area contributed by atoms with E-state index in [1.807, 2.05) is 84.9 Å². The van der Waals surface area contributed by atoms with Crippen molar-refractivity contribution >= 4 is 133 Å². The van der Waals surface area contributed by atoms with Crippen LogP contribution in [0.4, 0.5) is 138 Å². The summed E-state index contributed by atoms with van der Waals surface area (Å²) in [6, 6.07) is 112. The highest BCUT2D eigenvalue weighted by Crippen LogP contribution is 2.55. The number of halogens is 16. The lowest BCUT2D eigenvalue weighted by Gasteiger charge is -2.30. The minimum atomic E-state index is -0.911. The van der Waals surface area contributed by atoms with Crippen molar-refractivity contribution in [3.63, 3.8) is 0 Å². The zero-order chi connectivity index (χ0) is 102. The summed E-state index contributed by atoms with van der Waals surface area (Å²) in [5, 5.41) is 8.25. The van der Waals surface area contributed by atoms with Gasteiger partial charge in [-0.2, -0.15) is 0 Å². The van der Waals surface area contributed by atoms with Gasteiger partial charge in [0.15, 0.2) is 0 Å². The van der Waals surface area contributed by atoms with Crippen molar-refractivity contribution in [3.8, 4) is 89.0 Å². The van der Waals surface area contributed by atoms with Crippen molar-refractivity contribution in [2.24, 2.45) is 0 Å². The van der Waals surface area contributed by atoms with Crippen molar-refractivity contribution in [3.05, 3.63) is 530 Å². The van der Waals surface area contributed by atoms with Gasteiger partial charge in [0.05, 0.1) is 45.5 Å². The van der Waals surface area contributed by atoms with Gasteiger partial charge < -0.3 is 19.6 Å². The summed E-state index contributed by atoms with van der Waals surface area (Å²) in [7, 11) is 0. The van der Waals surface area contributed by atoms with Gasteiger partial charge in [0.2, 0.25) is 0 Å². The molecule has 0 unspecified atom stereocenters. The highest BCUT2D eigenvalue weighted by molar-refractivity contribution is 6.30. The van der Waals surface area contributed by atoms with Crippen LogP contribution in [0.1, 0.15) is 0 Å². The molecule has 24 rings (SSSR count). The fourth-order valence-corrected chi connectivity index (χ4v) is 20.4. The molecule has 0 radical (unpaired) electrons. The van der Waals surface area contributed by atoms with Gasteiger partial charge in [0.1, 0.15) is 93.1 Å². The van der Waals surface area contributed by atoms with E-state index >= 15 is 61.5 Å². The maximum absolute atomic E-state index is 16.6. The lowest BCUT2D eigenvalue weighted by molar-refractivity contribution is 0.583. The summed E-state index contributed by atoms with van der Waals surface area (Å²) >= 11 is 0. The Morgan fingerprint density at radius 1 is 0.122 bits per heavy atom. The van der Waals surface area contributed by atoms with E-state index in [9.17, 15) is 8.78 Å². The Balaban J connectivity index is 0.000000163. The van der Waals surface area contributed by atoms with Crippen LogP contribution in [0.15, 0.2) is 437 Å². The molecule has 24 aromatic rings. The lowest BCUT2D eigenvalue weighted by Crippen LogP contribution is -2.14. The molecule has 24 aromatic carbocycles. The Kier molecular flexibility index (Phi) is 24.1. The molecule has 0 bridgehead atoms. The van der Waals surface area contributed by atoms with Crippen LogP contribution in [-0.2, 0) is 0 Å². The van der Waals surface area contributed by atoms with Crippen LogP contribution in [0.3, 0.4) is 0 Å². The van der Waals surface area contributed by atoms with Crippen molar-refractivity contribution in [1.82, 2.24) is 0 Å². The molecule has 0 aliphatic rings. The number of rotatable bonds is 20. The predicted octanol–water partition coefficient (Wildman–Crippen LogP) is 38.6. The summed E-state index contributed by atoms with van der Waals surface area (Å²) in [6.45, 7) is 0. The molecule has 0 fully saturated rings. The molecule has 0 amide bonds. The van der Waals surface area contributed by atoms with Gasteiger partial charge in [0, 0.05) is 113 Å². The number of anilines is 12. The molecular formula is C128H72F16N4. The molecule has 0 saturated carbocycles. The second kappa shape index (κ2) is 38.3. The van der Waals surface area contributed by atoms with E-state index in [4.69, 9.17) is 0 Å². The maximum atomic E-state index is 16.6. The van der Waals surface area contributed by atoms with E-state index in [0.717, 1.165) is 57.9 Å². The zero-order valence-electron chi connectivity index (χ0n) is 77.4. The van der Waals surface area contributed by atoms with Crippen LogP contribution in [0.5, 0.6) is 0 Å². The topological polar surface area (TPSA) is 13.0 Å². The summed E-state index contributed by atoms with van der Waals surface area (Å²) in [5.41, 5.74) is 7.57. The van der Waals surface area contributed by atoms with Crippen molar-refractivity contribution < 1.29 is 70.2 Å². The summed E-state index contributed by atoms with van der Waals surface area (Å²) in [4.78, 5) is 6.48. The summed E-state index contributed by atoms with van der Waals surface area (Å²) < 4.78 is 251. The number of hydrogen-bond donors (Lipinski definition) is 0. The highest BCUT2D eigenvalue weighted by Gasteiger charge is 2.32. The zero-order valence-corrected chi connectivity index (χ0v) is 77.4. The normalized spacial score (nSPS) is 11.5. The largest absolute Gasteiger partial charge is 0.310 e. The second-order valence-corrected chi connectivity index (χ2v) is 35.9. The molecule has 0 aromatic heterocycles. The fourth-order valence-electron chi connectivity index (χ4n) is 20.4. The fraction of sp³-hybridized carbons (Fsp3) is 0. The van der Waals surface area contributed by atoms with E-state index in [0.29, 0.717) is 133 Å². The van der Waals surface area contributed by atoms with Crippen molar-refractivity contribution in [2.75, 3.05) is 19.6 Å². The van der Waals surface area contributed by atoms with Crippen molar-refractivity contribution in [1.29, 1.82) is 0 Å². The number of benzene rings is 24. The van der Waals surface area contributed by atoms with Crippen LogP contribution >= 0.6 is 0 Å². The van der Waals surface area contributed by atoms with Gasteiger partial charge in [-0.1, -0.05) is 218 Å². The Labute approximate surface area is 836 Å². The third-order valence-corrected chi connectivity index (χ3v) is 26.9. The van der Waals surface area contributed by atoms with Gasteiger partial charge in [-0.25, -0.2) is 70.2 Å². The first-order valence-electron chi connectivity index (χ1n) is 47.0. The third kappa shape index (κ3) is 17.3. The molecule has 716 valence electrons. The molecule has 0 saturated heterocycles. The molecule has 148 heavy (non-hydrogen) atoms. The Hall–Kier alpha value is -18.6. The standard InChI is InChI=1S/2C64H36F8N2/c65-43-21-27-61(57(71)35-43)73(45-31-39(47-9-1-5-13-53(47)67)29-40(32-45)48-10-2-6-14-54(48)68)59-25-19-37-18-24-52-60(26-20-38-17-23-51(59)63(37)64(38)52)74(62-28-22-44(66)36-58(62)72)46-33-41(49-11-3-7-15-55(49)69)30-42(34-46)50-12-4-8-16-56(50)70;65-43-31-44(66)34-49(33-43)73(47-27-39(51-9-1-5-13-57(51)69)25-40(28-47)52-10-2-6-14-58(52)70)61-23-19-37-18-22-56-62(24-20-38-17-21-55(61)63(37)64(38)56)74(50-35-45(67)32-46(68)36-50)48-29-41(53-11-3-7-15-59(53)71)26-42(30-48)54-12-4-8-16-60(54)72/h2*1-36H. The van der Waals surface area contributed by atoms with Gasteiger partial charge in [0.25, 0.3) is 0 Å². The van der Waals surface area contributed by atoms with E-state index in [-0.39, 0.29) is 67.3 Å². The van der Waals surface area contributed by atoms with Gasteiger partial charge in [-0.05, 0) is 282 Å². The van der Waals surface area contributed by atoms with E-state index in [2.05, 4.69) is 0 Å². The van der Waals surface area contributed by atoms with Gasteiger partial charge in [-0.15, -0.1) is 0 Å². The SMILES string of the molecule is Fc1cc(F)cc(N(c2cc(-c3ccccc3F)cc(-c3ccccc3F)c2)c2ccc3ccc4c(N(c5cc(F)cc(F)c5)c5cc(-c6ccccc6F)cc(-c6ccccc6F)c5)ccc5ccc2c3c54)c1.Fc1ccc(N(c2cc(-c3ccccc3F)cc(-c3ccccc3F)c2)c2ccc3ccc4c(N(c5cc(-c6ccccc6F)cc(-c6ccccc6F)c5)c5ccc(F)cc5F)ccc5ccc2c3c54)c(F)c1. The lowest BCUT2D eigenvalue weighted by atomic mass is 9.91. The first kappa shape index (κ1) is 93.1. The van der Waals surface area contributed by atoms with Crippen LogP contribution in [0, 0.1) is 93.1 Å². The maximum Gasteiger partial charge on any atom is 0.150 e. The number of nitrogens with zero attached hydrogens (tertiary/aromatic N) is 4. The van der Waals surface area contributed by atoms with E-state index in [1.165, 1.54) is 84.9 Å². The Morgan fingerprint density at radius 3 is 0.500 bits per heavy atom. The minimum absolute atomic E-state index is 0.0642. The van der Waals surface area contributed by atoms with Crippen LogP contribution in [0.2, 0.25) is 0 Å². The molecule has 0 aliphatic heterocycles. The molecule has 0 atom stereocenters. The van der Waals surface area contributed by atoms with Crippen LogP contribution in [-0.4, -0.2) is 0 Å².